The standard InChI is InChI=1S/C16H20F3N3O2/c1-21(2)15(24)20-13-7-9-22(10-8-13)14(23)11-3-5-12(6-4-11)16(17,18)19/h3-6,13H,7-10H2,1-2H3,(H,20,24). The van der Waals surface area contributed by atoms with Gasteiger partial charge in [-0.1, -0.05) is 0 Å². The van der Waals surface area contributed by atoms with E-state index in [1.807, 2.05) is 0 Å². The first-order chi connectivity index (χ1) is 11.2. The summed E-state index contributed by atoms with van der Waals surface area (Å²) in [5.74, 6) is -0.291. The van der Waals surface area contributed by atoms with Crippen molar-refractivity contribution in [2.45, 2.75) is 25.1 Å². The second-order valence-corrected chi connectivity index (χ2v) is 5.99. The number of amides is 3. The summed E-state index contributed by atoms with van der Waals surface area (Å²) in [4.78, 5) is 27.0. The summed E-state index contributed by atoms with van der Waals surface area (Å²) < 4.78 is 37.6. The molecule has 0 spiro atoms. The number of hydrogen-bond acceptors (Lipinski definition) is 2. The molecule has 1 heterocycles. The van der Waals surface area contributed by atoms with Gasteiger partial charge in [0.05, 0.1) is 5.56 Å². The zero-order chi connectivity index (χ0) is 17.9. The minimum atomic E-state index is -4.41. The number of hydrogen-bond donors (Lipinski definition) is 1. The van der Waals surface area contributed by atoms with Gasteiger partial charge in [0.25, 0.3) is 5.91 Å². The number of nitrogens with zero attached hydrogens (tertiary/aromatic N) is 2. The third-order valence-corrected chi connectivity index (χ3v) is 3.98. The van der Waals surface area contributed by atoms with Crippen LogP contribution in [0.25, 0.3) is 0 Å². The highest BCUT2D eigenvalue weighted by molar-refractivity contribution is 5.94. The largest absolute Gasteiger partial charge is 0.416 e. The molecule has 1 aliphatic heterocycles. The van der Waals surface area contributed by atoms with Gasteiger partial charge >= 0.3 is 12.2 Å². The third kappa shape index (κ3) is 4.39. The van der Waals surface area contributed by atoms with Gasteiger partial charge in [0.15, 0.2) is 0 Å². The van der Waals surface area contributed by atoms with E-state index in [4.69, 9.17) is 0 Å². The number of alkyl halides is 3. The van der Waals surface area contributed by atoms with E-state index in [0.29, 0.717) is 25.9 Å². The normalized spacial score (nSPS) is 16.0. The molecule has 1 fully saturated rings. The molecule has 0 unspecified atom stereocenters. The van der Waals surface area contributed by atoms with Gasteiger partial charge in [0.2, 0.25) is 0 Å². The zero-order valence-electron chi connectivity index (χ0n) is 13.6. The van der Waals surface area contributed by atoms with E-state index < -0.39 is 11.7 Å². The smallest absolute Gasteiger partial charge is 0.338 e. The highest BCUT2D eigenvalue weighted by Crippen LogP contribution is 2.29. The SMILES string of the molecule is CN(C)C(=O)NC1CCN(C(=O)c2ccc(C(F)(F)F)cc2)CC1. The molecule has 132 valence electrons. The van der Waals surface area contributed by atoms with E-state index >= 15 is 0 Å². The summed E-state index contributed by atoms with van der Waals surface area (Å²) >= 11 is 0. The molecule has 1 N–H and O–H groups in total. The van der Waals surface area contributed by atoms with Gasteiger partial charge in [-0.05, 0) is 37.1 Å². The van der Waals surface area contributed by atoms with Gasteiger partial charge in [-0.25, -0.2) is 4.79 Å². The van der Waals surface area contributed by atoms with Crippen LogP contribution in [0, 0.1) is 0 Å². The Balaban J connectivity index is 1.92. The van der Waals surface area contributed by atoms with Crippen LogP contribution >= 0.6 is 0 Å². The molecule has 1 aliphatic rings. The molecule has 1 aromatic carbocycles. The van der Waals surface area contributed by atoms with Crippen LogP contribution in [0.3, 0.4) is 0 Å². The maximum absolute atomic E-state index is 12.5. The third-order valence-electron chi connectivity index (χ3n) is 3.98. The quantitative estimate of drug-likeness (QED) is 0.897. The number of likely N-dealkylation sites (tertiary alicyclic amines) is 1. The molecule has 0 aliphatic carbocycles. The Morgan fingerprint density at radius 2 is 1.67 bits per heavy atom. The predicted octanol–water partition coefficient (Wildman–Crippen LogP) is 2.58. The first kappa shape index (κ1) is 18.1. The van der Waals surface area contributed by atoms with Gasteiger partial charge < -0.3 is 15.1 Å². The number of rotatable bonds is 2. The highest BCUT2D eigenvalue weighted by Gasteiger charge is 2.31. The number of carbonyl (C=O) groups is 2. The van der Waals surface area contributed by atoms with Gasteiger partial charge in [0, 0.05) is 38.8 Å². The molecule has 24 heavy (non-hydrogen) atoms. The maximum Gasteiger partial charge on any atom is 0.416 e. The van der Waals surface area contributed by atoms with Crippen molar-refractivity contribution in [3.05, 3.63) is 35.4 Å². The van der Waals surface area contributed by atoms with Gasteiger partial charge in [0.1, 0.15) is 0 Å². The predicted molar refractivity (Wildman–Crippen MR) is 82.6 cm³/mol. The summed E-state index contributed by atoms with van der Waals surface area (Å²) in [6, 6.07) is 4.05. The van der Waals surface area contributed by atoms with Crippen LogP contribution in [-0.4, -0.2) is 55.0 Å². The van der Waals surface area contributed by atoms with E-state index in [1.54, 1.807) is 19.0 Å². The van der Waals surface area contributed by atoms with Gasteiger partial charge in [-0.15, -0.1) is 0 Å². The molecular formula is C16H20F3N3O2. The lowest BCUT2D eigenvalue weighted by Gasteiger charge is -2.33. The highest BCUT2D eigenvalue weighted by atomic mass is 19.4. The Bertz CT molecular complexity index is 592. The fourth-order valence-electron chi connectivity index (χ4n) is 2.51. The van der Waals surface area contributed by atoms with Crippen LogP contribution in [0.15, 0.2) is 24.3 Å². The van der Waals surface area contributed by atoms with E-state index in [1.165, 1.54) is 17.0 Å². The zero-order valence-corrected chi connectivity index (χ0v) is 13.6. The number of piperidine rings is 1. The van der Waals surface area contributed by atoms with Crippen molar-refractivity contribution in [1.82, 2.24) is 15.1 Å². The van der Waals surface area contributed by atoms with Gasteiger partial charge in [-0.2, -0.15) is 13.2 Å². The summed E-state index contributed by atoms with van der Waals surface area (Å²) in [6.45, 7) is 0.913. The summed E-state index contributed by atoms with van der Waals surface area (Å²) in [5, 5.41) is 2.87. The Morgan fingerprint density at radius 1 is 1.12 bits per heavy atom. The van der Waals surface area contributed by atoms with Crippen molar-refractivity contribution >= 4 is 11.9 Å². The monoisotopic (exact) mass is 343 g/mol. The number of urea groups is 1. The van der Waals surface area contributed by atoms with Crippen molar-refractivity contribution in [1.29, 1.82) is 0 Å². The number of carbonyl (C=O) groups excluding carboxylic acids is 2. The molecule has 1 aromatic rings. The Hall–Kier alpha value is -2.25. The molecular weight excluding hydrogens is 323 g/mol. The van der Waals surface area contributed by atoms with E-state index in [9.17, 15) is 22.8 Å². The average molecular weight is 343 g/mol. The van der Waals surface area contributed by atoms with Crippen molar-refractivity contribution in [2.75, 3.05) is 27.2 Å². The molecule has 3 amide bonds. The van der Waals surface area contributed by atoms with Crippen LogP contribution < -0.4 is 5.32 Å². The van der Waals surface area contributed by atoms with Crippen molar-refractivity contribution < 1.29 is 22.8 Å². The maximum atomic E-state index is 12.5. The van der Waals surface area contributed by atoms with E-state index in [0.717, 1.165) is 12.1 Å². The van der Waals surface area contributed by atoms with E-state index in [-0.39, 0.29) is 23.5 Å². The Labute approximate surface area is 138 Å². The molecule has 0 bridgehead atoms. The Kier molecular flexibility index (Phi) is 5.36. The molecule has 2 rings (SSSR count). The summed E-state index contributed by atoms with van der Waals surface area (Å²) in [7, 11) is 3.30. The molecule has 1 saturated heterocycles. The fourth-order valence-corrected chi connectivity index (χ4v) is 2.51. The molecule has 0 aromatic heterocycles. The van der Waals surface area contributed by atoms with Crippen molar-refractivity contribution in [3.63, 3.8) is 0 Å². The lowest BCUT2D eigenvalue weighted by atomic mass is 10.0. The fraction of sp³-hybridized carbons (Fsp3) is 0.500. The average Bonchev–Trinajstić information content (AvgIpc) is 2.54. The molecule has 8 heteroatoms. The summed E-state index contributed by atoms with van der Waals surface area (Å²) in [5.41, 5.74) is -0.539. The van der Waals surface area contributed by atoms with Crippen LogP contribution in [0.1, 0.15) is 28.8 Å². The van der Waals surface area contributed by atoms with Gasteiger partial charge in [-0.3, -0.25) is 4.79 Å². The second kappa shape index (κ2) is 7.11. The first-order valence-corrected chi connectivity index (χ1v) is 7.63. The first-order valence-electron chi connectivity index (χ1n) is 7.63. The van der Waals surface area contributed by atoms with Crippen LogP contribution in [-0.2, 0) is 6.18 Å². The number of halogens is 3. The van der Waals surface area contributed by atoms with E-state index in [2.05, 4.69) is 5.32 Å². The molecule has 5 nitrogen and oxygen atoms in total. The topological polar surface area (TPSA) is 52.7 Å². The number of benzene rings is 1. The van der Waals surface area contributed by atoms with Crippen molar-refractivity contribution in [2.24, 2.45) is 0 Å². The lowest BCUT2D eigenvalue weighted by molar-refractivity contribution is -0.137. The Morgan fingerprint density at radius 3 is 2.12 bits per heavy atom. The minimum Gasteiger partial charge on any atom is -0.338 e. The molecule has 0 radical (unpaired) electrons. The molecule has 0 saturated carbocycles. The number of nitrogens with one attached hydrogen (secondary N) is 1. The minimum absolute atomic E-state index is 0.00319. The van der Waals surface area contributed by atoms with Crippen molar-refractivity contribution in [3.8, 4) is 0 Å². The second-order valence-electron chi connectivity index (χ2n) is 5.99. The van der Waals surface area contributed by atoms with Crippen LogP contribution in [0.5, 0.6) is 0 Å². The van der Waals surface area contributed by atoms with Crippen LogP contribution in [0.2, 0.25) is 0 Å². The molecule has 0 atom stereocenters. The summed E-state index contributed by atoms with van der Waals surface area (Å²) in [6.07, 6.45) is -3.18. The lowest BCUT2D eigenvalue weighted by Crippen LogP contribution is -2.48. The van der Waals surface area contributed by atoms with Crippen LogP contribution in [0.4, 0.5) is 18.0 Å².